The number of nitrogens with zero attached hydrogens (tertiary/aromatic N) is 1. The van der Waals surface area contributed by atoms with E-state index in [4.69, 9.17) is 0 Å². The number of anilines is 3. The Morgan fingerprint density at radius 1 is 1.00 bits per heavy atom. The van der Waals surface area contributed by atoms with Gasteiger partial charge in [-0.15, -0.1) is 0 Å². The van der Waals surface area contributed by atoms with Crippen LogP contribution in [0.2, 0.25) is 0 Å². The zero-order valence-corrected chi connectivity index (χ0v) is 18.3. The molecule has 0 radical (unpaired) electrons. The molecule has 1 atom stereocenters. The number of rotatable bonds is 4. The molecule has 0 aliphatic carbocycles. The van der Waals surface area contributed by atoms with Crippen LogP contribution in [0.15, 0.2) is 77.3 Å². The summed E-state index contributed by atoms with van der Waals surface area (Å²) in [6.07, 6.45) is -0.173. The molecular formula is C24H20BrN3O3. The summed E-state index contributed by atoms with van der Waals surface area (Å²) in [5.41, 5.74) is 3.01. The van der Waals surface area contributed by atoms with Crippen molar-refractivity contribution in [3.05, 3.63) is 88.4 Å². The molecule has 7 heteroatoms. The zero-order valence-electron chi connectivity index (χ0n) is 16.8. The van der Waals surface area contributed by atoms with E-state index < -0.39 is 11.9 Å². The molecular weight excluding hydrogens is 458 g/mol. The normalized spacial score (nSPS) is 15.1. The molecule has 0 fully saturated rings. The molecule has 0 aromatic heterocycles. The van der Waals surface area contributed by atoms with Crippen molar-refractivity contribution in [3.8, 4) is 0 Å². The molecule has 0 spiro atoms. The molecule has 2 N–H and O–H groups in total. The van der Waals surface area contributed by atoms with Gasteiger partial charge in [0.15, 0.2) is 0 Å². The van der Waals surface area contributed by atoms with E-state index in [1.54, 1.807) is 48.5 Å². The molecule has 1 aliphatic rings. The largest absolute Gasteiger partial charge is 0.326 e. The third kappa shape index (κ3) is 4.36. The van der Waals surface area contributed by atoms with Crippen molar-refractivity contribution in [2.24, 2.45) is 0 Å². The summed E-state index contributed by atoms with van der Waals surface area (Å²) >= 11 is 3.36. The molecule has 4 rings (SSSR count). The smallest absolute Gasteiger partial charge is 0.259 e. The molecule has 156 valence electrons. The van der Waals surface area contributed by atoms with Crippen LogP contribution in [0.1, 0.15) is 22.3 Å². The maximum atomic E-state index is 13.5. The number of aryl methyl sites for hydroxylation is 1. The fraction of sp³-hybridized carbons (Fsp3) is 0.125. The number of hydrogen-bond acceptors (Lipinski definition) is 3. The minimum Gasteiger partial charge on any atom is -0.326 e. The van der Waals surface area contributed by atoms with E-state index in [1.165, 1.54) is 4.90 Å². The fourth-order valence-electron chi connectivity index (χ4n) is 3.59. The lowest BCUT2D eigenvalue weighted by atomic mass is 10.0. The van der Waals surface area contributed by atoms with Gasteiger partial charge in [0.05, 0.1) is 17.8 Å². The first kappa shape index (κ1) is 20.8. The van der Waals surface area contributed by atoms with Crippen molar-refractivity contribution >= 4 is 50.7 Å². The second-order valence-electron chi connectivity index (χ2n) is 7.27. The maximum absolute atomic E-state index is 13.5. The van der Waals surface area contributed by atoms with E-state index in [-0.39, 0.29) is 18.2 Å². The lowest BCUT2D eigenvalue weighted by Crippen LogP contribution is -2.52. The van der Waals surface area contributed by atoms with Gasteiger partial charge in [0.25, 0.3) is 5.91 Å². The number of fused-ring (bicyclic) bond motifs is 1. The van der Waals surface area contributed by atoms with Crippen molar-refractivity contribution in [2.45, 2.75) is 19.4 Å². The van der Waals surface area contributed by atoms with E-state index in [0.29, 0.717) is 22.6 Å². The van der Waals surface area contributed by atoms with Crippen molar-refractivity contribution in [3.63, 3.8) is 0 Å². The Morgan fingerprint density at radius 2 is 1.68 bits per heavy atom. The molecule has 0 bridgehead atoms. The van der Waals surface area contributed by atoms with Crippen molar-refractivity contribution in [2.75, 3.05) is 15.5 Å². The Labute approximate surface area is 188 Å². The van der Waals surface area contributed by atoms with Crippen LogP contribution in [0.3, 0.4) is 0 Å². The number of hydrogen-bond donors (Lipinski definition) is 2. The summed E-state index contributed by atoms with van der Waals surface area (Å²) in [6.45, 7) is 1.85. The van der Waals surface area contributed by atoms with Crippen LogP contribution < -0.4 is 15.5 Å². The lowest BCUT2D eigenvalue weighted by molar-refractivity contribution is -0.122. The van der Waals surface area contributed by atoms with Gasteiger partial charge in [0.1, 0.15) is 6.04 Å². The molecule has 6 nitrogen and oxygen atoms in total. The van der Waals surface area contributed by atoms with Crippen molar-refractivity contribution in [1.82, 2.24) is 0 Å². The van der Waals surface area contributed by atoms with Gasteiger partial charge in [-0.1, -0.05) is 46.3 Å². The minimum absolute atomic E-state index is 0.173. The van der Waals surface area contributed by atoms with E-state index in [2.05, 4.69) is 26.6 Å². The highest BCUT2D eigenvalue weighted by atomic mass is 79.9. The summed E-state index contributed by atoms with van der Waals surface area (Å²) in [4.78, 5) is 40.6. The van der Waals surface area contributed by atoms with Gasteiger partial charge in [-0.2, -0.15) is 0 Å². The predicted molar refractivity (Wildman–Crippen MR) is 124 cm³/mol. The van der Waals surface area contributed by atoms with Gasteiger partial charge < -0.3 is 10.6 Å². The fourth-order valence-corrected chi connectivity index (χ4v) is 3.85. The Morgan fingerprint density at radius 3 is 2.42 bits per heavy atom. The number of para-hydroxylation sites is 2. The van der Waals surface area contributed by atoms with Crippen LogP contribution in [0.4, 0.5) is 17.1 Å². The zero-order chi connectivity index (χ0) is 22.0. The summed E-state index contributed by atoms with van der Waals surface area (Å²) in [5.74, 6) is -1.07. The van der Waals surface area contributed by atoms with E-state index in [9.17, 15) is 14.4 Å². The first-order valence-corrected chi connectivity index (χ1v) is 10.6. The first-order chi connectivity index (χ1) is 14.9. The first-order valence-electron chi connectivity index (χ1n) is 9.78. The second kappa shape index (κ2) is 8.73. The molecule has 0 saturated carbocycles. The number of halogens is 1. The third-order valence-electron chi connectivity index (χ3n) is 5.14. The molecule has 0 unspecified atom stereocenters. The predicted octanol–water partition coefficient (Wildman–Crippen LogP) is 4.75. The monoisotopic (exact) mass is 477 g/mol. The standard InChI is InChI=1S/C24H20BrN3O3/c1-15-6-2-3-7-18(15)24(31)28-20-9-5-4-8-19(20)27-23(30)21(28)14-22(29)26-17-12-10-16(25)11-13-17/h2-13,21H,14H2,1H3,(H,26,29)(H,27,30)/t21-/m0/s1. The second-order valence-corrected chi connectivity index (χ2v) is 8.19. The number of amides is 3. The topological polar surface area (TPSA) is 78.5 Å². The molecule has 1 aliphatic heterocycles. The number of nitrogens with one attached hydrogen (secondary N) is 2. The van der Waals surface area contributed by atoms with Crippen LogP contribution in [-0.2, 0) is 9.59 Å². The molecule has 3 aromatic rings. The van der Waals surface area contributed by atoms with E-state index in [1.807, 2.05) is 31.2 Å². The highest BCUT2D eigenvalue weighted by Gasteiger charge is 2.38. The van der Waals surface area contributed by atoms with Crippen LogP contribution in [0.25, 0.3) is 0 Å². The van der Waals surface area contributed by atoms with E-state index >= 15 is 0 Å². The molecule has 1 heterocycles. The van der Waals surface area contributed by atoms with Crippen LogP contribution in [-0.4, -0.2) is 23.8 Å². The Hall–Kier alpha value is -3.45. The average Bonchev–Trinajstić information content (AvgIpc) is 2.76. The number of carbonyl (C=O) groups is 3. The Bertz CT molecular complexity index is 1160. The summed E-state index contributed by atoms with van der Waals surface area (Å²) in [5, 5.41) is 5.61. The van der Waals surface area contributed by atoms with Crippen molar-refractivity contribution in [1.29, 1.82) is 0 Å². The highest BCUT2D eigenvalue weighted by Crippen LogP contribution is 2.34. The minimum atomic E-state index is -0.975. The van der Waals surface area contributed by atoms with Crippen LogP contribution >= 0.6 is 15.9 Å². The number of benzene rings is 3. The summed E-state index contributed by atoms with van der Waals surface area (Å²) in [7, 11) is 0. The van der Waals surface area contributed by atoms with Gasteiger partial charge in [0, 0.05) is 15.7 Å². The average molecular weight is 478 g/mol. The Kier molecular flexibility index (Phi) is 5.86. The molecule has 31 heavy (non-hydrogen) atoms. The summed E-state index contributed by atoms with van der Waals surface area (Å²) in [6, 6.07) is 20.5. The SMILES string of the molecule is Cc1ccccc1C(=O)N1c2ccccc2NC(=O)[C@@H]1CC(=O)Nc1ccc(Br)cc1. The molecule has 3 aromatic carbocycles. The number of carbonyl (C=O) groups excluding carboxylic acids is 3. The third-order valence-corrected chi connectivity index (χ3v) is 5.67. The van der Waals surface area contributed by atoms with Gasteiger partial charge in [-0.05, 0) is 55.0 Å². The highest BCUT2D eigenvalue weighted by molar-refractivity contribution is 9.10. The van der Waals surface area contributed by atoms with Gasteiger partial charge in [-0.25, -0.2) is 0 Å². The van der Waals surface area contributed by atoms with Gasteiger partial charge >= 0.3 is 0 Å². The quantitative estimate of drug-likeness (QED) is 0.568. The Balaban J connectivity index is 1.66. The van der Waals surface area contributed by atoms with Crippen LogP contribution in [0.5, 0.6) is 0 Å². The van der Waals surface area contributed by atoms with Gasteiger partial charge in [-0.3, -0.25) is 19.3 Å². The summed E-state index contributed by atoms with van der Waals surface area (Å²) < 4.78 is 0.892. The van der Waals surface area contributed by atoms with E-state index in [0.717, 1.165) is 10.0 Å². The lowest BCUT2D eigenvalue weighted by Gasteiger charge is -2.36. The van der Waals surface area contributed by atoms with Gasteiger partial charge in [0.2, 0.25) is 11.8 Å². The molecule has 3 amide bonds. The van der Waals surface area contributed by atoms with Crippen LogP contribution in [0, 0.1) is 6.92 Å². The maximum Gasteiger partial charge on any atom is 0.259 e. The van der Waals surface area contributed by atoms with Crippen molar-refractivity contribution < 1.29 is 14.4 Å². The molecule has 0 saturated heterocycles.